The van der Waals surface area contributed by atoms with Crippen LogP contribution < -0.4 is 10.6 Å². The van der Waals surface area contributed by atoms with Gasteiger partial charge < -0.3 is 10.6 Å². The Kier molecular flexibility index (Phi) is 4.58. The minimum absolute atomic E-state index is 0.0661. The molecule has 2 unspecified atom stereocenters. The first kappa shape index (κ1) is 14.1. The van der Waals surface area contributed by atoms with E-state index in [0.29, 0.717) is 5.92 Å². The van der Waals surface area contributed by atoms with E-state index in [2.05, 4.69) is 22.7 Å². The van der Waals surface area contributed by atoms with E-state index in [1.807, 2.05) is 20.2 Å². The van der Waals surface area contributed by atoms with Gasteiger partial charge in [-0.1, -0.05) is 20.3 Å². The first-order chi connectivity index (χ1) is 9.13. The number of carbonyl (C=O) groups excluding carboxylic acids is 1. The molecule has 106 valence electrons. The van der Waals surface area contributed by atoms with Crippen molar-refractivity contribution in [2.24, 2.45) is 13.0 Å². The van der Waals surface area contributed by atoms with Crippen molar-refractivity contribution in [3.8, 4) is 0 Å². The average molecular weight is 264 g/mol. The summed E-state index contributed by atoms with van der Waals surface area (Å²) in [6.07, 6.45) is 5.96. The summed E-state index contributed by atoms with van der Waals surface area (Å²) in [6.45, 7) is 5.18. The molecule has 2 N–H and O–H groups in total. The van der Waals surface area contributed by atoms with Gasteiger partial charge in [0.1, 0.15) is 0 Å². The lowest BCUT2D eigenvalue weighted by Gasteiger charge is -2.28. The monoisotopic (exact) mass is 264 g/mol. The fourth-order valence-corrected chi connectivity index (χ4v) is 2.69. The van der Waals surface area contributed by atoms with Crippen LogP contribution in [0.3, 0.4) is 0 Å². The molecule has 0 saturated carbocycles. The minimum atomic E-state index is -0.0661. The van der Waals surface area contributed by atoms with Crippen LogP contribution in [0, 0.1) is 5.92 Å². The maximum absolute atomic E-state index is 12.3. The summed E-state index contributed by atoms with van der Waals surface area (Å²) in [7, 11) is 1.88. The zero-order valence-corrected chi connectivity index (χ0v) is 12.1. The lowest BCUT2D eigenvalue weighted by atomic mass is 9.90. The summed E-state index contributed by atoms with van der Waals surface area (Å²) in [5.41, 5.74) is 1.79. The van der Waals surface area contributed by atoms with Gasteiger partial charge in [0.15, 0.2) is 0 Å². The molecule has 1 aliphatic rings. The van der Waals surface area contributed by atoms with Crippen LogP contribution in [0.25, 0.3) is 0 Å². The molecule has 1 aromatic heterocycles. The molecule has 2 rings (SSSR count). The highest BCUT2D eigenvalue weighted by molar-refractivity contribution is 5.95. The zero-order valence-electron chi connectivity index (χ0n) is 12.1. The Morgan fingerprint density at radius 3 is 3.05 bits per heavy atom. The quantitative estimate of drug-likeness (QED) is 0.870. The normalized spacial score (nSPS) is 23.3. The Labute approximate surface area is 114 Å². The van der Waals surface area contributed by atoms with Crippen LogP contribution in [0.2, 0.25) is 0 Å². The molecule has 0 radical (unpaired) electrons. The largest absolute Gasteiger partial charge is 0.322 e. The van der Waals surface area contributed by atoms with Gasteiger partial charge in [0.2, 0.25) is 5.91 Å². The van der Waals surface area contributed by atoms with Gasteiger partial charge in [-0.3, -0.25) is 9.48 Å². The van der Waals surface area contributed by atoms with Crippen LogP contribution in [-0.2, 0) is 18.3 Å². The topological polar surface area (TPSA) is 59.0 Å². The smallest absolute Gasteiger partial charge is 0.241 e. The van der Waals surface area contributed by atoms with Crippen LogP contribution in [0.5, 0.6) is 0 Å². The molecule has 1 aliphatic heterocycles. The maximum atomic E-state index is 12.3. The molecule has 1 saturated heterocycles. The molecule has 0 aliphatic carbocycles. The summed E-state index contributed by atoms with van der Waals surface area (Å²) in [6, 6.07) is -0.0661. The van der Waals surface area contributed by atoms with Crippen LogP contribution in [0.1, 0.15) is 38.8 Å². The Morgan fingerprint density at radius 1 is 1.58 bits per heavy atom. The predicted molar refractivity (Wildman–Crippen MR) is 76.0 cm³/mol. The summed E-state index contributed by atoms with van der Waals surface area (Å²) < 4.78 is 1.75. The van der Waals surface area contributed by atoms with E-state index < -0.39 is 0 Å². The van der Waals surface area contributed by atoms with Gasteiger partial charge in [0.05, 0.1) is 17.4 Å². The van der Waals surface area contributed by atoms with Crippen molar-refractivity contribution in [3.63, 3.8) is 0 Å². The molecule has 0 spiro atoms. The second kappa shape index (κ2) is 6.19. The number of hydrogen-bond donors (Lipinski definition) is 2. The van der Waals surface area contributed by atoms with Crippen molar-refractivity contribution in [1.29, 1.82) is 0 Å². The molecule has 0 bridgehead atoms. The van der Waals surface area contributed by atoms with E-state index in [9.17, 15) is 4.79 Å². The molecular formula is C14H24N4O. The second-order valence-corrected chi connectivity index (χ2v) is 5.31. The van der Waals surface area contributed by atoms with Crippen molar-refractivity contribution < 1.29 is 4.79 Å². The van der Waals surface area contributed by atoms with Gasteiger partial charge in [-0.2, -0.15) is 5.10 Å². The maximum Gasteiger partial charge on any atom is 0.241 e. The van der Waals surface area contributed by atoms with Gasteiger partial charge >= 0.3 is 0 Å². The minimum Gasteiger partial charge on any atom is -0.322 e. The Bertz CT molecular complexity index is 441. The third-order valence-electron chi connectivity index (χ3n) is 3.90. The van der Waals surface area contributed by atoms with Crippen LogP contribution in [0.15, 0.2) is 6.20 Å². The number of piperidine rings is 1. The van der Waals surface area contributed by atoms with Gasteiger partial charge in [0.25, 0.3) is 0 Å². The number of aryl methyl sites for hydroxylation is 2. The molecule has 1 aromatic rings. The van der Waals surface area contributed by atoms with Crippen LogP contribution >= 0.6 is 0 Å². The molecule has 5 nitrogen and oxygen atoms in total. The van der Waals surface area contributed by atoms with E-state index in [4.69, 9.17) is 0 Å². The van der Waals surface area contributed by atoms with Gasteiger partial charge in [-0.15, -0.1) is 0 Å². The fourth-order valence-electron chi connectivity index (χ4n) is 2.69. The Morgan fingerprint density at radius 2 is 2.37 bits per heavy atom. The first-order valence-electron chi connectivity index (χ1n) is 7.20. The van der Waals surface area contributed by atoms with Gasteiger partial charge in [-0.25, -0.2) is 0 Å². The zero-order chi connectivity index (χ0) is 13.8. The van der Waals surface area contributed by atoms with E-state index >= 15 is 0 Å². The number of anilines is 1. The average Bonchev–Trinajstić information content (AvgIpc) is 2.78. The van der Waals surface area contributed by atoms with Crippen molar-refractivity contribution in [2.45, 2.75) is 45.6 Å². The summed E-state index contributed by atoms with van der Waals surface area (Å²) in [4.78, 5) is 12.3. The second-order valence-electron chi connectivity index (χ2n) is 5.31. The third-order valence-corrected chi connectivity index (χ3v) is 3.90. The van der Waals surface area contributed by atoms with Crippen molar-refractivity contribution in [3.05, 3.63) is 11.9 Å². The number of nitrogens with one attached hydrogen (secondary N) is 2. The summed E-state index contributed by atoms with van der Waals surface area (Å²) in [5, 5.41) is 10.7. The highest BCUT2D eigenvalue weighted by Gasteiger charge is 2.26. The van der Waals surface area contributed by atoms with Crippen LogP contribution in [-0.4, -0.2) is 28.3 Å². The number of hydrogen-bond acceptors (Lipinski definition) is 3. The highest BCUT2D eigenvalue weighted by Crippen LogP contribution is 2.21. The molecule has 19 heavy (non-hydrogen) atoms. The summed E-state index contributed by atoms with van der Waals surface area (Å²) >= 11 is 0. The van der Waals surface area contributed by atoms with E-state index in [0.717, 1.165) is 37.2 Å². The number of amides is 1. The van der Waals surface area contributed by atoms with E-state index in [1.54, 1.807) is 4.68 Å². The van der Waals surface area contributed by atoms with Crippen LogP contribution in [0.4, 0.5) is 5.69 Å². The SMILES string of the molecule is CCc1nn(C)cc1NC(=O)C1CC(CC)CCN1. The van der Waals surface area contributed by atoms with E-state index in [-0.39, 0.29) is 11.9 Å². The Balaban J connectivity index is 2.00. The summed E-state index contributed by atoms with van der Waals surface area (Å²) in [5.74, 6) is 0.734. The highest BCUT2D eigenvalue weighted by atomic mass is 16.2. The first-order valence-corrected chi connectivity index (χ1v) is 7.20. The molecule has 5 heteroatoms. The number of nitrogens with zero attached hydrogens (tertiary/aromatic N) is 2. The molecule has 1 fully saturated rings. The Hall–Kier alpha value is -1.36. The molecule has 2 heterocycles. The van der Waals surface area contributed by atoms with Gasteiger partial charge in [-0.05, 0) is 31.7 Å². The number of rotatable bonds is 4. The third kappa shape index (κ3) is 3.35. The standard InChI is InChI=1S/C14H24N4O/c1-4-10-6-7-15-12(8-10)14(19)16-13-9-18(3)17-11(13)5-2/h9-10,12,15H,4-8H2,1-3H3,(H,16,19). The number of carbonyl (C=O) groups is 1. The van der Waals surface area contributed by atoms with Gasteiger partial charge in [0, 0.05) is 13.2 Å². The lowest BCUT2D eigenvalue weighted by molar-refractivity contribution is -0.119. The van der Waals surface area contributed by atoms with Crippen molar-refractivity contribution >= 4 is 11.6 Å². The van der Waals surface area contributed by atoms with Crippen molar-refractivity contribution in [1.82, 2.24) is 15.1 Å². The fraction of sp³-hybridized carbons (Fsp3) is 0.714. The molecule has 2 atom stereocenters. The molecule has 0 aromatic carbocycles. The number of aromatic nitrogens is 2. The molecular weight excluding hydrogens is 240 g/mol. The predicted octanol–water partition coefficient (Wildman–Crippen LogP) is 1.70. The lowest BCUT2D eigenvalue weighted by Crippen LogP contribution is -2.46. The van der Waals surface area contributed by atoms with Crippen molar-refractivity contribution in [2.75, 3.05) is 11.9 Å². The molecule has 1 amide bonds. The van der Waals surface area contributed by atoms with E-state index in [1.165, 1.54) is 6.42 Å².